The van der Waals surface area contributed by atoms with Crippen molar-refractivity contribution in [3.8, 4) is 11.5 Å². The standard InChI is InChI=1S/C51H82N8O21S.Na/c1-4-5-6-7-8-9-10-11-12-13-14-15-16-17-37(66)53-30-22-34(64)47(72)57-49(74)41-42(67)26(2)24-59(41)51(76)39(33(63)23-36(52)65)55-48(73)40(44(69)43(68)28-18-19-32(62)35(20-28)78-81-80-79-77)56-46(71)31-21-29(61)25-58(31)50(75)38(27(3)60)54-45(30)70;/h18-20,26-27,29-31,33-34,38-44,47,60-64,67-69,72,77H,4-17,21-25H2,1-3H3,(H2,52,65)(H,53,66)(H,54,70)(H,55,73)(H,56,71)(H,57,74);/q;+1/p-1/t26?,27?,29?,30-,31?,33?,34?,38?,39?,40?,41?,42?,43?,44?,47?;/m0./s1. The first-order chi connectivity index (χ1) is 38.4. The number of rotatable bonds is 26. The molecule has 8 amide bonds. The van der Waals surface area contributed by atoms with Gasteiger partial charge in [-0.15, -0.1) is 4.33 Å². The molecule has 0 radical (unpaired) electrons. The number of nitrogens with zero attached hydrogens (tertiary/aromatic N) is 2. The molecule has 16 N–H and O–H groups in total. The van der Waals surface area contributed by atoms with Crippen molar-refractivity contribution in [2.24, 2.45) is 11.7 Å². The van der Waals surface area contributed by atoms with E-state index in [0.29, 0.717) is 22.6 Å². The van der Waals surface area contributed by atoms with Crippen molar-refractivity contribution in [1.29, 1.82) is 0 Å². The molecule has 82 heavy (non-hydrogen) atoms. The molecule has 3 fully saturated rings. The summed E-state index contributed by atoms with van der Waals surface area (Å²) in [6, 6.07) is -9.59. The van der Waals surface area contributed by atoms with Gasteiger partial charge in [0.2, 0.25) is 47.3 Å². The maximum atomic E-state index is 14.6. The molecule has 29 nitrogen and oxygen atoms in total. The summed E-state index contributed by atoms with van der Waals surface area (Å²) in [7, 11) is 0. The smallest absolute Gasteiger partial charge is 0.691 e. The number of fused-ring (bicyclic) bond motifs is 2. The number of benzene rings is 1. The van der Waals surface area contributed by atoms with E-state index in [1.54, 1.807) is 0 Å². The summed E-state index contributed by atoms with van der Waals surface area (Å²) in [5.41, 5.74) is 4.98. The fourth-order valence-corrected chi connectivity index (χ4v) is 10.3. The Morgan fingerprint density at radius 1 is 0.768 bits per heavy atom. The van der Waals surface area contributed by atoms with E-state index in [0.717, 1.165) is 57.2 Å². The molecule has 1 aromatic carbocycles. The Morgan fingerprint density at radius 3 is 1.93 bits per heavy atom. The molecule has 3 aliphatic rings. The zero-order valence-electron chi connectivity index (χ0n) is 46.6. The number of amides is 8. The molecule has 0 aliphatic carbocycles. The van der Waals surface area contributed by atoms with E-state index in [-0.39, 0.29) is 53.9 Å². The minimum Gasteiger partial charge on any atom is -0.691 e. The third kappa shape index (κ3) is 21.2. The van der Waals surface area contributed by atoms with Crippen LogP contribution in [-0.2, 0) is 47.7 Å². The summed E-state index contributed by atoms with van der Waals surface area (Å²) in [4.78, 5) is 113. The van der Waals surface area contributed by atoms with Gasteiger partial charge in [0, 0.05) is 38.3 Å². The predicted octanol–water partition coefficient (Wildman–Crippen LogP) is -6.64. The van der Waals surface area contributed by atoms with Crippen LogP contribution in [0.4, 0.5) is 0 Å². The number of phenolic OH excluding ortho intramolecular Hbond substituents is 1. The Bertz CT molecular complexity index is 2260. The van der Waals surface area contributed by atoms with E-state index in [1.807, 2.05) is 0 Å². The second kappa shape index (κ2) is 35.7. The fraction of sp³-hybridized carbons (Fsp3) is 0.725. The maximum absolute atomic E-state index is 14.6. The molecule has 3 aliphatic heterocycles. The molecule has 0 spiro atoms. The van der Waals surface area contributed by atoms with Crippen LogP contribution in [0, 0.1) is 5.92 Å². The van der Waals surface area contributed by atoms with Crippen LogP contribution in [0.25, 0.3) is 0 Å². The SMILES string of the molecule is CCCCCCCCCCCCCCCC(=O)N[C@H]1CC(O)C(O)NC(=O)C2C(O)C(C)CN2C(=O)C(C(O)CC(N)=O)NC(=O)C(C(O)C(O)c2ccc(O)c(OSOO[O-])c2)NC(=O)C2CC(O)CN2C(=O)C(C(C)O)NC1=O.[Na+]. The normalized spacial score (nSPS) is 27.5. The number of nitrogens with two attached hydrogens (primary N) is 1. The fourth-order valence-electron chi connectivity index (χ4n) is 10.0. The van der Waals surface area contributed by atoms with Gasteiger partial charge in [-0.25, -0.2) is 0 Å². The third-order valence-corrected chi connectivity index (χ3v) is 14.9. The average Bonchev–Trinajstić information content (AvgIpc) is 4.03. The second-order valence-electron chi connectivity index (χ2n) is 21.1. The molecule has 3 heterocycles. The zero-order valence-corrected chi connectivity index (χ0v) is 49.4. The van der Waals surface area contributed by atoms with Crippen LogP contribution < -0.4 is 71.3 Å². The number of aliphatic hydroxyl groups is 8. The number of aromatic hydroxyl groups is 1. The molecular formula is C51H81N8NaO21S. The minimum atomic E-state index is -2.54. The molecule has 0 aromatic heterocycles. The summed E-state index contributed by atoms with van der Waals surface area (Å²) in [6.07, 6.45) is -5.80. The zero-order chi connectivity index (χ0) is 60.1. The summed E-state index contributed by atoms with van der Waals surface area (Å²) >= 11 is -0.0868. The number of primary amides is 1. The first-order valence-corrected chi connectivity index (χ1v) is 28.1. The van der Waals surface area contributed by atoms with Crippen molar-refractivity contribution in [3.63, 3.8) is 0 Å². The number of hydrogen-bond acceptors (Lipinski definition) is 22. The van der Waals surface area contributed by atoms with Gasteiger partial charge in [0.05, 0.1) is 30.8 Å². The molecule has 3 saturated heterocycles. The number of carbonyl (C=O) groups excluding carboxylic acids is 8. The Balaban J connectivity index is 0.0000176. The maximum Gasteiger partial charge on any atom is 1.00 e. The van der Waals surface area contributed by atoms with Gasteiger partial charge in [-0.3, -0.25) is 43.4 Å². The largest absolute Gasteiger partial charge is 1.00 e. The predicted molar refractivity (Wildman–Crippen MR) is 281 cm³/mol. The summed E-state index contributed by atoms with van der Waals surface area (Å²) in [5, 5.41) is 125. The van der Waals surface area contributed by atoms with Crippen LogP contribution in [0.15, 0.2) is 18.2 Å². The average molecular weight is 1200 g/mol. The van der Waals surface area contributed by atoms with Crippen molar-refractivity contribution in [2.45, 2.75) is 215 Å². The number of phenols is 1. The van der Waals surface area contributed by atoms with Gasteiger partial charge in [-0.1, -0.05) is 97.0 Å². The topological polar surface area (TPSA) is 462 Å². The van der Waals surface area contributed by atoms with Crippen LogP contribution >= 0.6 is 12.3 Å². The molecule has 458 valence electrons. The van der Waals surface area contributed by atoms with Crippen molar-refractivity contribution in [1.82, 2.24) is 36.4 Å². The van der Waals surface area contributed by atoms with Crippen molar-refractivity contribution < 1.29 is 133 Å². The van der Waals surface area contributed by atoms with Crippen LogP contribution in [0.5, 0.6) is 11.5 Å². The minimum absolute atomic E-state index is 0. The van der Waals surface area contributed by atoms with E-state index >= 15 is 0 Å². The van der Waals surface area contributed by atoms with Gasteiger partial charge in [0.25, 0.3) is 12.3 Å². The second-order valence-corrected chi connectivity index (χ2v) is 21.5. The van der Waals surface area contributed by atoms with Gasteiger partial charge in [-0.2, -0.15) is 0 Å². The Hall–Kier alpha value is -4.51. The van der Waals surface area contributed by atoms with Crippen molar-refractivity contribution >= 4 is 59.6 Å². The Labute approximate surface area is 501 Å². The van der Waals surface area contributed by atoms with Gasteiger partial charge in [0.15, 0.2) is 17.7 Å². The van der Waals surface area contributed by atoms with Crippen LogP contribution in [0.3, 0.4) is 0 Å². The molecule has 31 heteroatoms. The quantitative estimate of drug-likeness (QED) is 0.0135. The summed E-state index contributed by atoms with van der Waals surface area (Å²) in [5.74, 6) is -12.2. The first-order valence-electron chi connectivity index (χ1n) is 27.4. The Kier molecular flexibility index (Phi) is 31.2. The molecule has 14 unspecified atom stereocenters. The molecule has 15 atom stereocenters. The molecule has 1 aromatic rings. The number of hydrogen-bond donors (Lipinski definition) is 15. The van der Waals surface area contributed by atoms with Gasteiger partial charge < -0.3 is 97.5 Å². The van der Waals surface area contributed by atoms with E-state index in [4.69, 9.17) is 9.92 Å². The van der Waals surface area contributed by atoms with Crippen molar-refractivity contribution in [2.75, 3.05) is 13.1 Å². The summed E-state index contributed by atoms with van der Waals surface area (Å²) < 4.78 is 9.01. The van der Waals surface area contributed by atoms with E-state index < -0.39 is 182 Å². The molecular weight excluding hydrogens is 1120 g/mol. The van der Waals surface area contributed by atoms with Crippen LogP contribution in [0.2, 0.25) is 0 Å². The van der Waals surface area contributed by atoms with Gasteiger partial charge in [-0.05, 0) is 31.0 Å². The number of nitrogens with one attached hydrogen (secondary N) is 5. The van der Waals surface area contributed by atoms with Gasteiger partial charge >= 0.3 is 29.6 Å². The van der Waals surface area contributed by atoms with Crippen LogP contribution in [0.1, 0.15) is 142 Å². The number of unbranched alkanes of at least 4 members (excludes halogenated alkanes) is 12. The van der Waals surface area contributed by atoms with Crippen molar-refractivity contribution in [3.05, 3.63) is 23.8 Å². The van der Waals surface area contributed by atoms with Crippen LogP contribution in [-0.4, -0.2) is 195 Å². The monoisotopic (exact) mass is 1200 g/mol. The third-order valence-electron chi connectivity index (χ3n) is 14.6. The molecule has 4 rings (SSSR count). The first kappa shape index (κ1) is 71.8. The summed E-state index contributed by atoms with van der Waals surface area (Å²) in [6.45, 7) is 3.50. The number of carbonyl (C=O) groups is 8. The number of aliphatic hydroxyl groups excluding tert-OH is 8. The van der Waals surface area contributed by atoms with Gasteiger partial charge in [0.1, 0.15) is 54.6 Å². The molecule has 0 saturated carbocycles. The van der Waals surface area contributed by atoms with E-state index in [9.17, 15) is 89.6 Å². The molecule has 0 bridgehead atoms. The Morgan fingerprint density at radius 2 is 1.34 bits per heavy atom. The van der Waals surface area contributed by atoms with E-state index in [2.05, 4.69) is 42.9 Å². The van der Waals surface area contributed by atoms with E-state index in [1.165, 1.54) is 45.4 Å².